The summed E-state index contributed by atoms with van der Waals surface area (Å²) in [7, 11) is -4.41. The van der Waals surface area contributed by atoms with Crippen LogP contribution in [0.1, 0.15) is 11.1 Å². The minimum Gasteiger partial charge on any atom is -0.423 e. The number of hydrogen-bond donors (Lipinski definition) is 4. The number of hydrogen-bond acceptors (Lipinski definition) is 4. The molecule has 58 heavy (non-hydrogen) atoms. The SMILES string of the molecule is NCC(=O)Nc1c(C(F)(F)C(F)(F)C(F)(F)C(F)(F)C(F)(F)C(F)(F)C(F)(F)F)ccc(B(O)O)c1C(F)(F)C(F)(F)C(F)(F)C(F)(F)C(F)(F)C(F)(F)C(F)(F)F. The number of alkyl halides is 30. The van der Waals surface area contributed by atoms with Crippen molar-refractivity contribution in [2.45, 2.75) is 83.4 Å². The van der Waals surface area contributed by atoms with Crippen molar-refractivity contribution in [1.29, 1.82) is 0 Å². The first-order chi connectivity index (χ1) is 24.9. The average Bonchev–Trinajstić information content (AvgIpc) is 3.01. The molecule has 5 nitrogen and oxygen atoms in total. The molecule has 0 spiro atoms. The van der Waals surface area contributed by atoms with Gasteiger partial charge in [0.1, 0.15) is 0 Å². The van der Waals surface area contributed by atoms with Crippen molar-refractivity contribution in [3.8, 4) is 0 Å². The third-order valence-corrected chi connectivity index (χ3v) is 7.27. The van der Waals surface area contributed by atoms with Gasteiger partial charge in [-0.15, -0.1) is 0 Å². The van der Waals surface area contributed by atoms with Crippen LogP contribution in [0, 0.1) is 0 Å². The second kappa shape index (κ2) is 14.1. The van der Waals surface area contributed by atoms with Crippen molar-refractivity contribution in [2.24, 2.45) is 5.73 Å². The molecule has 1 rings (SSSR count). The highest BCUT2D eigenvalue weighted by Crippen LogP contribution is 2.67. The molecule has 1 amide bonds. The van der Waals surface area contributed by atoms with E-state index in [1.807, 2.05) is 0 Å². The Balaban J connectivity index is 4.60. The molecule has 0 aliphatic rings. The molecule has 338 valence electrons. The van der Waals surface area contributed by atoms with Crippen molar-refractivity contribution < 1.29 is 147 Å². The Kier molecular flexibility index (Phi) is 12.7. The number of carbonyl (C=O) groups excluding carboxylic acids is 1. The highest BCUT2D eigenvalue weighted by Gasteiger charge is 2.95. The van der Waals surface area contributed by atoms with Crippen LogP contribution in [-0.4, -0.2) is 101 Å². The Labute approximate surface area is 296 Å². The Morgan fingerprint density at radius 3 is 1.02 bits per heavy atom. The maximum absolute atomic E-state index is 15.4. The summed E-state index contributed by atoms with van der Waals surface area (Å²) in [6.45, 7) is -2.17. The van der Waals surface area contributed by atoms with E-state index in [0.29, 0.717) is 0 Å². The van der Waals surface area contributed by atoms with E-state index in [1.54, 1.807) is 0 Å². The predicted octanol–water partition coefficient (Wildman–Crippen LogP) is 7.92. The molecule has 0 saturated heterocycles. The molecular formula is C22H9BF30N2O3. The lowest BCUT2D eigenvalue weighted by Crippen LogP contribution is -2.72. The summed E-state index contributed by atoms with van der Waals surface area (Å²) < 4.78 is 415. The van der Waals surface area contributed by atoms with Crippen LogP contribution in [0.15, 0.2) is 12.1 Å². The van der Waals surface area contributed by atoms with Crippen LogP contribution in [0.4, 0.5) is 137 Å². The largest absolute Gasteiger partial charge is 0.489 e. The number of halogens is 30. The molecule has 0 saturated carbocycles. The van der Waals surface area contributed by atoms with Crippen LogP contribution in [0.5, 0.6) is 0 Å². The van der Waals surface area contributed by atoms with Gasteiger partial charge in [-0.3, -0.25) is 4.79 Å². The number of nitrogens with two attached hydrogens (primary N) is 1. The van der Waals surface area contributed by atoms with Crippen LogP contribution in [0.2, 0.25) is 0 Å². The summed E-state index contributed by atoms with van der Waals surface area (Å²) in [5.41, 5.74) is -11.4. The van der Waals surface area contributed by atoms with Crippen LogP contribution in [-0.2, 0) is 16.6 Å². The predicted molar refractivity (Wildman–Crippen MR) is 123 cm³/mol. The molecule has 0 fully saturated rings. The molecule has 0 heterocycles. The normalized spacial score (nSPS) is 15.8. The molecule has 1 aromatic carbocycles. The van der Waals surface area contributed by atoms with E-state index in [0.717, 1.165) is 0 Å². The second-order valence-electron chi connectivity index (χ2n) is 11.0. The fourth-order valence-electron chi connectivity index (χ4n) is 4.01. The van der Waals surface area contributed by atoms with E-state index in [1.165, 1.54) is 0 Å². The molecule has 0 aliphatic carbocycles. The Morgan fingerprint density at radius 1 is 0.466 bits per heavy atom. The lowest BCUT2D eigenvalue weighted by atomic mass is 9.71. The molecule has 0 unspecified atom stereocenters. The van der Waals surface area contributed by atoms with Crippen LogP contribution < -0.4 is 16.5 Å². The van der Waals surface area contributed by atoms with Gasteiger partial charge in [-0.1, -0.05) is 12.1 Å². The zero-order valence-electron chi connectivity index (χ0n) is 25.7. The summed E-state index contributed by atoms with van der Waals surface area (Å²) in [6, 6.07) is -2.97. The summed E-state index contributed by atoms with van der Waals surface area (Å²) in [5.74, 6) is -110. The van der Waals surface area contributed by atoms with Crippen LogP contribution in [0.3, 0.4) is 0 Å². The van der Waals surface area contributed by atoms with E-state index >= 15 is 17.6 Å². The number of nitrogens with one attached hydrogen (secondary N) is 1. The Bertz CT molecular complexity index is 1700. The number of rotatable bonds is 15. The molecule has 5 N–H and O–H groups in total. The quantitative estimate of drug-likeness (QED) is 0.106. The lowest BCUT2D eigenvalue weighted by molar-refractivity contribution is -0.454. The van der Waals surface area contributed by atoms with Gasteiger partial charge < -0.3 is 21.1 Å². The zero-order chi connectivity index (χ0) is 47.3. The maximum Gasteiger partial charge on any atom is 0.489 e. The third kappa shape index (κ3) is 6.77. The van der Waals surface area contributed by atoms with Gasteiger partial charge in [-0.2, -0.15) is 132 Å². The van der Waals surface area contributed by atoms with Crippen LogP contribution in [0.25, 0.3) is 0 Å². The van der Waals surface area contributed by atoms with E-state index in [2.05, 4.69) is 5.73 Å². The van der Waals surface area contributed by atoms with E-state index < -0.39 is 137 Å². The zero-order valence-corrected chi connectivity index (χ0v) is 25.7. The van der Waals surface area contributed by atoms with Gasteiger partial charge in [0.05, 0.1) is 23.4 Å². The number of amides is 1. The van der Waals surface area contributed by atoms with Gasteiger partial charge in [0.15, 0.2) is 0 Å². The van der Waals surface area contributed by atoms with Crippen molar-refractivity contribution in [2.75, 3.05) is 11.9 Å². The van der Waals surface area contributed by atoms with Gasteiger partial charge in [-0.25, -0.2) is 0 Å². The summed E-state index contributed by atoms with van der Waals surface area (Å²) >= 11 is 0. The molecule has 0 aliphatic heterocycles. The summed E-state index contributed by atoms with van der Waals surface area (Å²) in [4.78, 5) is 11.8. The van der Waals surface area contributed by atoms with Gasteiger partial charge in [0, 0.05) is 0 Å². The average molecular weight is 930 g/mol. The van der Waals surface area contributed by atoms with E-state index in [9.17, 15) is 129 Å². The first-order valence-corrected chi connectivity index (χ1v) is 13.1. The minimum absolute atomic E-state index is 0.00176. The highest BCUT2D eigenvalue weighted by atomic mass is 19.4. The Hall–Kier alpha value is -3.47. The third-order valence-electron chi connectivity index (χ3n) is 7.27. The van der Waals surface area contributed by atoms with Gasteiger partial charge in [0.2, 0.25) is 5.91 Å². The number of anilines is 1. The Morgan fingerprint density at radius 2 is 0.741 bits per heavy atom. The molecule has 0 radical (unpaired) electrons. The first-order valence-electron chi connectivity index (χ1n) is 13.1. The smallest absolute Gasteiger partial charge is 0.423 e. The maximum atomic E-state index is 15.4. The van der Waals surface area contributed by atoms with Crippen molar-refractivity contribution in [1.82, 2.24) is 0 Å². The monoisotopic (exact) mass is 930 g/mol. The van der Waals surface area contributed by atoms with Gasteiger partial charge in [0.25, 0.3) is 0 Å². The molecule has 0 aromatic heterocycles. The van der Waals surface area contributed by atoms with Gasteiger partial charge >= 0.3 is 90.5 Å². The topological polar surface area (TPSA) is 95.6 Å². The fraction of sp³-hybridized carbons (Fsp3) is 0.682. The highest BCUT2D eigenvalue weighted by molar-refractivity contribution is 6.59. The minimum atomic E-state index is -9.29. The molecule has 0 bridgehead atoms. The summed E-state index contributed by atoms with van der Waals surface area (Å²) in [6.07, 6.45) is -16.4. The van der Waals surface area contributed by atoms with Crippen LogP contribution >= 0.6 is 0 Å². The summed E-state index contributed by atoms with van der Waals surface area (Å²) in [5, 5.41) is 18.4. The fourth-order valence-corrected chi connectivity index (χ4v) is 4.01. The number of benzene rings is 1. The van der Waals surface area contributed by atoms with Gasteiger partial charge in [-0.05, 0) is 5.46 Å². The van der Waals surface area contributed by atoms with Crippen molar-refractivity contribution in [3.05, 3.63) is 23.3 Å². The number of carbonyl (C=O) groups is 1. The van der Waals surface area contributed by atoms with E-state index in [-0.39, 0.29) is 5.32 Å². The van der Waals surface area contributed by atoms with Crippen molar-refractivity contribution in [3.63, 3.8) is 0 Å². The lowest BCUT2D eigenvalue weighted by Gasteiger charge is -2.43. The first kappa shape index (κ1) is 52.6. The van der Waals surface area contributed by atoms with E-state index in [4.69, 9.17) is 0 Å². The molecular weight excluding hydrogens is 921 g/mol. The molecule has 1 aromatic rings. The standard InChI is InChI=1S/C22H9BF30N2O3/c24-9(25,11(28,29)13(32,33)15(36,37)17(40,41)19(44,45)21(48,49)50)4-1-2-5(23(57)58)7(8(4)55-6(56)3-54)10(26,27)12(30,31)14(34,35)16(38,39)18(42,43)20(46,47)22(51,52)53/h1-2,57-58H,3,54H2,(H,55,56). The molecule has 36 heteroatoms. The molecule has 0 atom stereocenters. The second-order valence-corrected chi connectivity index (χ2v) is 11.0. The van der Waals surface area contributed by atoms with Crippen molar-refractivity contribution >= 4 is 24.2 Å².